The molecule has 3 nitrogen and oxygen atoms in total. The van der Waals surface area contributed by atoms with E-state index in [1.807, 2.05) is 50.2 Å². The molecule has 0 bridgehead atoms. The zero-order valence-electron chi connectivity index (χ0n) is 15.0. The lowest BCUT2D eigenvalue weighted by Gasteiger charge is -2.42. The summed E-state index contributed by atoms with van der Waals surface area (Å²) in [5.74, 6) is 0.200. The second kappa shape index (κ2) is 7.54. The van der Waals surface area contributed by atoms with Crippen LogP contribution in [0.5, 0.6) is 5.75 Å². The smallest absolute Gasteiger partial charge is 0.127 e. The van der Waals surface area contributed by atoms with Gasteiger partial charge in [0.25, 0.3) is 0 Å². The summed E-state index contributed by atoms with van der Waals surface area (Å²) in [6.07, 6.45) is 1.49. The minimum atomic E-state index is -0.552. The maximum atomic E-state index is 14.2. The summed E-state index contributed by atoms with van der Waals surface area (Å²) in [4.78, 5) is 0. The SMILES string of the molecule is COC1(c2cc(F)cc(OCc3ccccc3)c2)C[C@H](C)O[C@@H](C)C1. The van der Waals surface area contributed by atoms with E-state index in [2.05, 4.69) is 0 Å². The fraction of sp³-hybridized carbons (Fsp3) is 0.429. The maximum Gasteiger partial charge on any atom is 0.127 e. The van der Waals surface area contributed by atoms with Crippen molar-refractivity contribution in [3.8, 4) is 5.75 Å². The highest BCUT2D eigenvalue weighted by molar-refractivity contribution is 5.34. The molecule has 0 aliphatic carbocycles. The molecule has 1 aliphatic rings. The number of hydrogen-bond acceptors (Lipinski definition) is 3. The Balaban J connectivity index is 1.85. The molecule has 1 saturated heterocycles. The Kier molecular flexibility index (Phi) is 5.40. The maximum absolute atomic E-state index is 14.2. The molecule has 1 heterocycles. The lowest BCUT2D eigenvalue weighted by Crippen LogP contribution is -2.42. The standard InChI is InChI=1S/C21H25FO3/c1-15-12-21(23-3,13-16(2)25-15)18-9-19(22)11-20(10-18)24-14-17-7-5-4-6-8-17/h4-11,15-16H,12-14H2,1-3H3/t15-,16-/m0/s1. The second-order valence-corrected chi connectivity index (χ2v) is 6.81. The number of benzene rings is 2. The summed E-state index contributed by atoms with van der Waals surface area (Å²) >= 11 is 0. The largest absolute Gasteiger partial charge is 0.489 e. The molecule has 2 aromatic rings. The molecule has 0 amide bonds. The van der Waals surface area contributed by atoms with Crippen molar-refractivity contribution in [2.45, 2.75) is 51.1 Å². The van der Waals surface area contributed by atoms with Gasteiger partial charge in [-0.15, -0.1) is 0 Å². The highest BCUT2D eigenvalue weighted by Crippen LogP contribution is 2.41. The van der Waals surface area contributed by atoms with Crippen LogP contribution in [0, 0.1) is 5.82 Å². The topological polar surface area (TPSA) is 27.7 Å². The molecule has 0 aromatic heterocycles. The number of hydrogen-bond donors (Lipinski definition) is 0. The molecule has 0 radical (unpaired) electrons. The van der Waals surface area contributed by atoms with Crippen LogP contribution in [0.3, 0.4) is 0 Å². The summed E-state index contributed by atoms with van der Waals surface area (Å²) in [6.45, 7) is 4.45. The van der Waals surface area contributed by atoms with Crippen molar-refractivity contribution in [3.05, 3.63) is 65.5 Å². The van der Waals surface area contributed by atoms with Crippen LogP contribution in [-0.4, -0.2) is 19.3 Å². The minimum absolute atomic E-state index is 0.0562. The van der Waals surface area contributed by atoms with Gasteiger partial charge in [-0.1, -0.05) is 30.3 Å². The Bertz CT molecular complexity index is 692. The fourth-order valence-corrected chi connectivity index (χ4v) is 3.68. The van der Waals surface area contributed by atoms with E-state index in [9.17, 15) is 4.39 Å². The molecule has 0 spiro atoms. The van der Waals surface area contributed by atoms with Gasteiger partial charge in [-0.25, -0.2) is 4.39 Å². The molecule has 2 aromatic carbocycles. The van der Waals surface area contributed by atoms with E-state index in [0.29, 0.717) is 25.2 Å². The van der Waals surface area contributed by atoms with E-state index in [1.165, 1.54) is 6.07 Å². The third kappa shape index (κ3) is 4.20. The molecule has 0 saturated carbocycles. The van der Waals surface area contributed by atoms with Gasteiger partial charge in [0.15, 0.2) is 0 Å². The summed E-state index contributed by atoms with van der Waals surface area (Å²) < 4.78 is 31.8. The first-order valence-corrected chi connectivity index (χ1v) is 8.69. The molecule has 3 rings (SSSR count). The molecule has 25 heavy (non-hydrogen) atoms. The minimum Gasteiger partial charge on any atom is -0.489 e. The van der Waals surface area contributed by atoms with Crippen molar-refractivity contribution >= 4 is 0 Å². The van der Waals surface area contributed by atoms with E-state index in [0.717, 1.165) is 11.1 Å². The first kappa shape index (κ1) is 17.9. The van der Waals surface area contributed by atoms with Crippen LogP contribution in [-0.2, 0) is 21.7 Å². The van der Waals surface area contributed by atoms with Crippen molar-refractivity contribution in [2.75, 3.05) is 7.11 Å². The van der Waals surface area contributed by atoms with Gasteiger partial charge in [-0.3, -0.25) is 0 Å². The number of halogens is 1. The average Bonchev–Trinajstić information content (AvgIpc) is 2.59. The monoisotopic (exact) mass is 344 g/mol. The predicted octanol–water partition coefficient (Wildman–Crippen LogP) is 4.83. The molecule has 4 heteroatoms. The first-order chi connectivity index (χ1) is 12.0. The van der Waals surface area contributed by atoms with Gasteiger partial charge < -0.3 is 14.2 Å². The Morgan fingerprint density at radius 3 is 2.40 bits per heavy atom. The van der Waals surface area contributed by atoms with Crippen molar-refractivity contribution in [3.63, 3.8) is 0 Å². The van der Waals surface area contributed by atoms with Gasteiger partial charge in [0.2, 0.25) is 0 Å². The summed E-state index contributed by atoms with van der Waals surface area (Å²) in [5.41, 5.74) is 1.30. The second-order valence-electron chi connectivity index (χ2n) is 6.81. The number of methoxy groups -OCH3 is 1. The third-order valence-corrected chi connectivity index (χ3v) is 4.74. The zero-order chi connectivity index (χ0) is 17.9. The van der Waals surface area contributed by atoms with Gasteiger partial charge in [0.05, 0.1) is 17.8 Å². The molecule has 1 fully saturated rings. The molecule has 134 valence electrons. The van der Waals surface area contributed by atoms with E-state index in [-0.39, 0.29) is 18.0 Å². The zero-order valence-corrected chi connectivity index (χ0v) is 15.0. The predicted molar refractivity (Wildman–Crippen MR) is 95.1 cm³/mol. The summed E-state index contributed by atoms with van der Waals surface area (Å²) in [6, 6.07) is 14.7. The van der Waals surface area contributed by atoms with Crippen molar-refractivity contribution in [2.24, 2.45) is 0 Å². The highest BCUT2D eigenvalue weighted by atomic mass is 19.1. The van der Waals surface area contributed by atoms with Gasteiger partial charge in [-0.05, 0) is 37.1 Å². The Hall–Kier alpha value is -1.91. The lowest BCUT2D eigenvalue weighted by molar-refractivity contribution is -0.152. The van der Waals surface area contributed by atoms with Crippen molar-refractivity contribution in [1.82, 2.24) is 0 Å². The van der Waals surface area contributed by atoms with Crippen LogP contribution in [0.25, 0.3) is 0 Å². The van der Waals surface area contributed by atoms with E-state index >= 15 is 0 Å². The molecule has 1 aliphatic heterocycles. The quantitative estimate of drug-likeness (QED) is 0.777. The van der Waals surface area contributed by atoms with Crippen molar-refractivity contribution in [1.29, 1.82) is 0 Å². The van der Waals surface area contributed by atoms with E-state index < -0.39 is 5.60 Å². The summed E-state index contributed by atoms with van der Waals surface area (Å²) in [5, 5.41) is 0. The van der Waals surface area contributed by atoms with Crippen LogP contribution in [0.4, 0.5) is 4.39 Å². The molecular formula is C21H25FO3. The molecule has 2 atom stereocenters. The average molecular weight is 344 g/mol. The summed E-state index contributed by atoms with van der Waals surface area (Å²) in [7, 11) is 1.68. The van der Waals surface area contributed by atoms with E-state index in [4.69, 9.17) is 14.2 Å². The van der Waals surface area contributed by atoms with Crippen LogP contribution in [0.2, 0.25) is 0 Å². The third-order valence-electron chi connectivity index (χ3n) is 4.74. The Morgan fingerprint density at radius 2 is 1.76 bits per heavy atom. The highest BCUT2D eigenvalue weighted by Gasteiger charge is 2.40. The normalized spacial score (nSPS) is 26.4. The van der Waals surface area contributed by atoms with Gasteiger partial charge in [-0.2, -0.15) is 0 Å². The van der Waals surface area contributed by atoms with E-state index in [1.54, 1.807) is 13.2 Å². The van der Waals surface area contributed by atoms with Crippen LogP contribution in [0.15, 0.2) is 48.5 Å². The molecular weight excluding hydrogens is 319 g/mol. The lowest BCUT2D eigenvalue weighted by atomic mass is 9.81. The molecule has 0 unspecified atom stereocenters. The Morgan fingerprint density at radius 1 is 1.08 bits per heavy atom. The Labute approximate surface area is 148 Å². The fourth-order valence-electron chi connectivity index (χ4n) is 3.68. The first-order valence-electron chi connectivity index (χ1n) is 8.69. The van der Waals surface area contributed by atoms with Gasteiger partial charge >= 0.3 is 0 Å². The molecule has 0 N–H and O–H groups in total. The van der Waals surface area contributed by atoms with Crippen LogP contribution < -0.4 is 4.74 Å². The van der Waals surface area contributed by atoms with Crippen molar-refractivity contribution < 1.29 is 18.6 Å². The van der Waals surface area contributed by atoms with Crippen LogP contribution >= 0.6 is 0 Å². The number of rotatable bonds is 5. The van der Waals surface area contributed by atoms with Gasteiger partial charge in [0.1, 0.15) is 18.2 Å². The number of ether oxygens (including phenoxy) is 3. The van der Waals surface area contributed by atoms with Gasteiger partial charge in [0, 0.05) is 26.0 Å². The van der Waals surface area contributed by atoms with Crippen LogP contribution in [0.1, 0.15) is 37.8 Å².